The number of fused-ring (bicyclic) bond motifs is 1. The number of aromatic nitrogens is 1. The van der Waals surface area contributed by atoms with Crippen molar-refractivity contribution in [1.29, 1.82) is 0 Å². The van der Waals surface area contributed by atoms with Gasteiger partial charge in [0, 0.05) is 80.1 Å². The van der Waals surface area contributed by atoms with Crippen LogP contribution in [0.25, 0.3) is 10.9 Å². The number of piperidine rings is 1. The minimum atomic E-state index is -0.260. The van der Waals surface area contributed by atoms with Crippen LogP contribution in [0.1, 0.15) is 74.1 Å². The van der Waals surface area contributed by atoms with Crippen molar-refractivity contribution in [3.05, 3.63) is 65.4 Å². The van der Waals surface area contributed by atoms with Gasteiger partial charge >= 0.3 is 6.03 Å². The zero-order valence-electron chi connectivity index (χ0n) is 25.2. The van der Waals surface area contributed by atoms with Gasteiger partial charge in [0.25, 0.3) is 0 Å². The first kappa shape index (κ1) is 30.1. The van der Waals surface area contributed by atoms with Crippen molar-refractivity contribution in [3.63, 3.8) is 0 Å². The molecule has 1 aliphatic heterocycles. The van der Waals surface area contributed by atoms with Gasteiger partial charge in [0.2, 0.25) is 5.91 Å². The summed E-state index contributed by atoms with van der Waals surface area (Å²) in [5.41, 5.74) is 12.3. The maximum absolute atomic E-state index is 13.4. The summed E-state index contributed by atoms with van der Waals surface area (Å²) in [7, 11) is 1.75. The van der Waals surface area contributed by atoms with Crippen LogP contribution in [0.5, 0.6) is 0 Å². The molecule has 2 aromatic carbocycles. The third-order valence-electron chi connectivity index (χ3n) is 9.00. The Morgan fingerprint density at radius 1 is 1.05 bits per heavy atom. The zero-order valence-corrected chi connectivity index (χ0v) is 25.2. The maximum atomic E-state index is 13.4. The summed E-state index contributed by atoms with van der Waals surface area (Å²) in [6, 6.07) is 16.3. The van der Waals surface area contributed by atoms with Gasteiger partial charge in [-0.05, 0) is 74.8 Å². The lowest BCUT2D eigenvalue weighted by molar-refractivity contribution is -0.132. The minimum absolute atomic E-state index is 0.133. The molecule has 0 spiro atoms. The molecule has 1 saturated carbocycles. The summed E-state index contributed by atoms with van der Waals surface area (Å²) < 4.78 is 7.80. The van der Waals surface area contributed by atoms with Gasteiger partial charge in [-0.2, -0.15) is 0 Å². The first-order valence-electron chi connectivity index (χ1n) is 15.7. The second-order valence-corrected chi connectivity index (χ2v) is 12.1. The number of carbonyl (C=O) groups is 2. The fraction of sp³-hybridized carbons (Fsp3) is 0.529. The van der Waals surface area contributed by atoms with E-state index >= 15 is 0 Å². The molecule has 1 saturated heterocycles. The SMILES string of the molecule is COCCCn1c(C2CCCN(C(=O)C[C@H](N)Cc3ccc(NC(=O)NC4CCCC4)cc3)C2)c(C)c2ccccc21. The topological polar surface area (TPSA) is 102 Å². The number of amides is 3. The fourth-order valence-corrected chi connectivity index (χ4v) is 6.93. The molecule has 2 fully saturated rings. The van der Waals surface area contributed by atoms with Crippen molar-refractivity contribution in [1.82, 2.24) is 14.8 Å². The number of nitrogens with two attached hydrogens (primary N) is 1. The molecular formula is C34H47N5O3. The highest BCUT2D eigenvalue weighted by atomic mass is 16.5. The highest BCUT2D eigenvalue weighted by Crippen LogP contribution is 2.36. The average Bonchev–Trinajstić information content (AvgIpc) is 3.60. The number of carbonyl (C=O) groups excluding carboxylic acids is 2. The fourth-order valence-electron chi connectivity index (χ4n) is 6.93. The third-order valence-corrected chi connectivity index (χ3v) is 9.00. The summed E-state index contributed by atoms with van der Waals surface area (Å²) in [4.78, 5) is 27.7. The van der Waals surface area contributed by atoms with Crippen molar-refractivity contribution in [2.45, 2.75) is 89.3 Å². The van der Waals surface area contributed by atoms with Gasteiger partial charge in [0.1, 0.15) is 0 Å². The Hall–Kier alpha value is -3.36. The van der Waals surface area contributed by atoms with E-state index in [-0.39, 0.29) is 24.0 Å². The molecule has 5 rings (SSSR count). The first-order chi connectivity index (χ1) is 20.4. The summed E-state index contributed by atoms with van der Waals surface area (Å²) in [5.74, 6) is 0.438. The Labute approximate surface area is 250 Å². The van der Waals surface area contributed by atoms with E-state index in [2.05, 4.69) is 46.4 Å². The molecular weight excluding hydrogens is 526 g/mol. The number of aryl methyl sites for hydroxylation is 2. The number of urea groups is 1. The summed E-state index contributed by atoms with van der Waals surface area (Å²) >= 11 is 0. The predicted octanol–water partition coefficient (Wildman–Crippen LogP) is 5.72. The standard InChI is InChI=1S/C34H47N5O3/c1-24-30-12-5-6-13-31(30)39(19-8-20-42-2)33(24)26-9-7-18-38(23-26)32(40)22-27(35)21-25-14-16-29(17-15-25)37-34(41)36-28-10-3-4-11-28/h5-6,12-17,26-28H,3-4,7-11,18-23,35H2,1-2H3,(H2,36,37,41)/t26?,27-/m1/s1. The van der Waals surface area contributed by atoms with E-state index in [1.165, 1.54) is 35.0 Å². The molecule has 4 N–H and O–H groups in total. The second kappa shape index (κ2) is 14.2. The van der Waals surface area contributed by atoms with Gasteiger partial charge in [0.15, 0.2) is 0 Å². The molecule has 2 heterocycles. The van der Waals surface area contributed by atoms with E-state index in [9.17, 15) is 9.59 Å². The molecule has 1 aromatic heterocycles. The van der Waals surface area contributed by atoms with Gasteiger partial charge in [-0.25, -0.2) is 4.79 Å². The number of ether oxygens (including phenoxy) is 1. The number of nitrogens with zero attached hydrogens (tertiary/aromatic N) is 2. The van der Waals surface area contributed by atoms with E-state index < -0.39 is 0 Å². The summed E-state index contributed by atoms with van der Waals surface area (Å²) in [5, 5.41) is 7.27. The smallest absolute Gasteiger partial charge is 0.319 e. The van der Waals surface area contributed by atoms with Crippen molar-refractivity contribution in [3.8, 4) is 0 Å². The number of rotatable bonds is 11. The average molecular weight is 574 g/mol. The lowest BCUT2D eigenvalue weighted by atomic mass is 9.91. The van der Waals surface area contributed by atoms with Crippen molar-refractivity contribution < 1.29 is 14.3 Å². The largest absolute Gasteiger partial charge is 0.385 e. The Kier molecular flexibility index (Phi) is 10.2. The van der Waals surface area contributed by atoms with Crippen LogP contribution in [0.3, 0.4) is 0 Å². The summed E-state index contributed by atoms with van der Waals surface area (Å²) in [6.45, 7) is 5.38. The Morgan fingerprint density at radius 2 is 1.81 bits per heavy atom. The molecule has 42 heavy (non-hydrogen) atoms. The number of hydrogen-bond acceptors (Lipinski definition) is 4. The van der Waals surface area contributed by atoms with Crippen molar-refractivity contribution >= 4 is 28.5 Å². The molecule has 8 nitrogen and oxygen atoms in total. The van der Waals surface area contributed by atoms with E-state index in [1.807, 2.05) is 29.2 Å². The predicted molar refractivity (Wildman–Crippen MR) is 169 cm³/mol. The van der Waals surface area contributed by atoms with Gasteiger partial charge < -0.3 is 30.6 Å². The highest BCUT2D eigenvalue weighted by Gasteiger charge is 2.30. The van der Waals surface area contributed by atoms with Crippen LogP contribution in [-0.4, -0.2) is 60.3 Å². The van der Waals surface area contributed by atoms with E-state index in [1.54, 1.807) is 7.11 Å². The molecule has 0 bridgehead atoms. The van der Waals surface area contributed by atoms with Gasteiger partial charge in [0.05, 0.1) is 0 Å². The van der Waals surface area contributed by atoms with E-state index in [0.29, 0.717) is 18.8 Å². The molecule has 3 amide bonds. The number of likely N-dealkylation sites (tertiary alicyclic amines) is 1. The quantitative estimate of drug-likeness (QED) is 0.256. The maximum Gasteiger partial charge on any atom is 0.319 e. The number of hydrogen-bond donors (Lipinski definition) is 3. The number of benzene rings is 2. The Morgan fingerprint density at radius 3 is 2.57 bits per heavy atom. The van der Waals surface area contributed by atoms with Crippen LogP contribution in [0.4, 0.5) is 10.5 Å². The van der Waals surface area contributed by atoms with Gasteiger partial charge in [-0.15, -0.1) is 0 Å². The van der Waals surface area contributed by atoms with Crippen LogP contribution < -0.4 is 16.4 Å². The molecule has 226 valence electrons. The number of para-hydroxylation sites is 1. The van der Waals surface area contributed by atoms with Crippen LogP contribution in [0, 0.1) is 6.92 Å². The Balaban J connectivity index is 1.17. The third kappa shape index (κ3) is 7.34. The second-order valence-electron chi connectivity index (χ2n) is 12.1. The van der Waals surface area contributed by atoms with E-state index in [0.717, 1.165) is 69.6 Å². The normalized spacial score (nSPS) is 18.4. The Bertz CT molecular complexity index is 1350. The monoisotopic (exact) mass is 573 g/mol. The molecule has 8 heteroatoms. The van der Waals surface area contributed by atoms with Crippen LogP contribution >= 0.6 is 0 Å². The molecule has 1 aliphatic carbocycles. The van der Waals surface area contributed by atoms with Crippen LogP contribution in [0.2, 0.25) is 0 Å². The lowest BCUT2D eigenvalue weighted by Gasteiger charge is -2.34. The molecule has 1 unspecified atom stereocenters. The molecule has 2 atom stereocenters. The van der Waals surface area contributed by atoms with Crippen LogP contribution in [-0.2, 0) is 22.5 Å². The highest BCUT2D eigenvalue weighted by molar-refractivity contribution is 5.89. The van der Waals surface area contributed by atoms with Crippen molar-refractivity contribution in [2.75, 3.05) is 32.1 Å². The number of anilines is 1. The van der Waals surface area contributed by atoms with Crippen LogP contribution in [0.15, 0.2) is 48.5 Å². The molecule has 2 aliphatic rings. The van der Waals surface area contributed by atoms with Gasteiger partial charge in [-0.1, -0.05) is 43.2 Å². The van der Waals surface area contributed by atoms with Crippen molar-refractivity contribution in [2.24, 2.45) is 5.73 Å². The number of nitrogens with one attached hydrogen (secondary N) is 2. The molecule has 3 aromatic rings. The zero-order chi connectivity index (χ0) is 29.5. The first-order valence-corrected chi connectivity index (χ1v) is 15.7. The van der Waals surface area contributed by atoms with Gasteiger partial charge in [-0.3, -0.25) is 4.79 Å². The minimum Gasteiger partial charge on any atom is -0.385 e. The lowest BCUT2D eigenvalue weighted by Crippen LogP contribution is -2.42. The molecule has 0 radical (unpaired) electrons. The van der Waals surface area contributed by atoms with E-state index in [4.69, 9.17) is 10.5 Å². The number of methoxy groups -OCH3 is 1. The summed E-state index contributed by atoms with van der Waals surface area (Å²) in [6.07, 6.45) is 8.44.